The number of methoxy groups -OCH3 is 2. The number of morpholine rings is 1. The molecule has 3 aromatic carbocycles. The van der Waals surface area contributed by atoms with Crippen LogP contribution >= 0.6 is 23.2 Å². The molecule has 8 heteroatoms. The van der Waals surface area contributed by atoms with E-state index < -0.39 is 0 Å². The van der Waals surface area contributed by atoms with Crippen molar-refractivity contribution in [2.24, 2.45) is 0 Å². The Morgan fingerprint density at radius 2 is 1.70 bits per heavy atom. The normalized spacial score (nSPS) is 18.5. The lowest BCUT2D eigenvalue weighted by atomic mass is 9.91. The van der Waals surface area contributed by atoms with Crippen molar-refractivity contribution in [2.45, 2.75) is 38.1 Å². The summed E-state index contributed by atoms with van der Waals surface area (Å²) in [5.41, 5.74) is 2.84. The zero-order valence-corrected chi connectivity index (χ0v) is 22.7. The SMILES string of the molecule is COc1ccc(COCCC(C)N2C(=O)CO[C@H](c3cccc(Cl)c3)[C@H]2c2ccc(Cl)cc2)cc1OC. The maximum absolute atomic E-state index is 13.2. The number of ether oxygens (including phenoxy) is 4. The second kappa shape index (κ2) is 12.7. The van der Waals surface area contributed by atoms with Crippen LogP contribution in [-0.2, 0) is 20.9 Å². The number of hydrogen-bond donors (Lipinski definition) is 0. The van der Waals surface area contributed by atoms with Crippen LogP contribution in [0.4, 0.5) is 0 Å². The molecule has 196 valence electrons. The highest BCUT2D eigenvalue weighted by Crippen LogP contribution is 2.42. The predicted octanol–water partition coefficient (Wildman–Crippen LogP) is 6.65. The summed E-state index contributed by atoms with van der Waals surface area (Å²) in [6.07, 6.45) is 0.290. The lowest BCUT2D eigenvalue weighted by Gasteiger charge is -2.44. The minimum Gasteiger partial charge on any atom is -0.493 e. The van der Waals surface area contributed by atoms with E-state index in [0.29, 0.717) is 41.2 Å². The molecule has 37 heavy (non-hydrogen) atoms. The van der Waals surface area contributed by atoms with Crippen molar-refractivity contribution in [3.63, 3.8) is 0 Å². The molecule has 3 atom stereocenters. The van der Waals surface area contributed by atoms with E-state index >= 15 is 0 Å². The van der Waals surface area contributed by atoms with Gasteiger partial charge in [-0.25, -0.2) is 0 Å². The van der Waals surface area contributed by atoms with Crippen molar-refractivity contribution >= 4 is 29.1 Å². The highest BCUT2D eigenvalue weighted by Gasteiger charge is 2.40. The molecule has 0 saturated carbocycles. The fraction of sp³-hybridized carbons (Fsp3) is 0.345. The molecule has 6 nitrogen and oxygen atoms in total. The van der Waals surface area contributed by atoms with Gasteiger partial charge in [0.15, 0.2) is 11.5 Å². The average Bonchev–Trinajstić information content (AvgIpc) is 2.91. The fourth-order valence-electron chi connectivity index (χ4n) is 4.66. The second-order valence-corrected chi connectivity index (χ2v) is 9.84. The largest absolute Gasteiger partial charge is 0.493 e. The summed E-state index contributed by atoms with van der Waals surface area (Å²) in [5, 5.41) is 1.25. The first-order valence-electron chi connectivity index (χ1n) is 12.1. The molecule has 1 heterocycles. The number of nitrogens with zero attached hydrogens (tertiary/aromatic N) is 1. The van der Waals surface area contributed by atoms with E-state index in [1.807, 2.05) is 78.6 Å². The van der Waals surface area contributed by atoms with Crippen molar-refractivity contribution in [2.75, 3.05) is 27.4 Å². The molecule has 0 aromatic heterocycles. The van der Waals surface area contributed by atoms with E-state index in [2.05, 4.69) is 0 Å². The van der Waals surface area contributed by atoms with Crippen LogP contribution in [0.15, 0.2) is 66.7 Å². The zero-order valence-electron chi connectivity index (χ0n) is 21.2. The predicted molar refractivity (Wildman–Crippen MR) is 144 cm³/mol. The zero-order chi connectivity index (χ0) is 26.4. The smallest absolute Gasteiger partial charge is 0.249 e. The van der Waals surface area contributed by atoms with Crippen molar-refractivity contribution in [3.05, 3.63) is 93.5 Å². The van der Waals surface area contributed by atoms with Gasteiger partial charge in [-0.3, -0.25) is 4.79 Å². The van der Waals surface area contributed by atoms with Gasteiger partial charge in [0.05, 0.1) is 26.9 Å². The second-order valence-electron chi connectivity index (χ2n) is 8.96. The van der Waals surface area contributed by atoms with Gasteiger partial charge in [0.25, 0.3) is 0 Å². The molecule has 1 fully saturated rings. The summed E-state index contributed by atoms with van der Waals surface area (Å²) in [6, 6.07) is 20.4. The van der Waals surface area contributed by atoms with Crippen molar-refractivity contribution in [1.29, 1.82) is 0 Å². The summed E-state index contributed by atoms with van der Waals surface area (Å²) in [7, 11) is 3.22. The molecular formula is C29H31Cl2NO5. The van der Waals surface area contributed by atoms with Gasteiger partial charge < -0.3 is 23.8 Å². The van der Waals surface area contributed by atoms with Crippen molar-refractivity contribution < 1.29 is 23.7 Å². The molecule has 0 radical (unpaired) electrons. The number of amides is 1. The quantitative estimate of drug-likeness (QED) is 0.268. The lowest BCUT2D eigenvalue weighted by Crippen LogP contribution is -2.50. The van der Waals surface area contributed by atoms with Crippen LogP contribution in [0.2, 0.25) is 10.0 Å². The molecular weight excluding hydrogens is 513 g/mol. The first-order valence-corrected chi connectivity index (χ1v) is 12.9. The maximum atomic E-state index is 13.2. The Morgan fingerprint density at radius 1 is 0.946 bits per heavy atom. The lowest BCUT2D eigenvalue weighted by molar-refractivity contribution is -0.163. The van der Waals surface area contributed by atoms with Gasteiger partial charge in [-0.05, 0) is 66.4 Å². The Labute approximate surface area is 228 Å². The van der Waals surface area contributed by atoms with Gasteiger partial charge in [0.2, 0.25) is 5.91 Å². The average molecular weight is 544 g/mol. The van der Waals surface area contributed by atoms with Crippen LogP contribution < -0.4 is 9.47 Å². The standard InChI is InChI=1S/C29H31Cl2NO5/c1-19(13-14-36-17-20-7-12-25(34-2)26(15-20)35-3)32-27(33)18-37-29(22-5-4-6-24(31)16-22)28(32)21-8-10-23(30)11-9-21/h4-12,15-16,19,28-29H,13-14,17-18H2,1-3H3/t19?,28-,29-/m1/s1. The van der Waals surface area contributed by atoms with Crippen molar-refractivity contribution in [3.8, 4) is 11.5 Å². The summed E-state index contributed by atoms with van der Waals surface area (Å²) in [5.74, 6) is 1.27. The molecule has 4 rings (SSSR count). The Hall–Kier alpha value is -2.77. The number of carbonyl (C=O) groups is 1. The third kappa shape index (κ3) is 6.57. The number of hydrogen-bond acceptors (Lipinski definition) is 5. The highest BCUT2D eigenvalue weighted by atomic mass is 35.5. The van der Waals surface area contributed by atoms with Crippen LogP contribution in [0.1, 0.15) is 42.2 Å². The molecule has 1 unspecified atom stereocenters. The van der Waals surface area contributed by atoms with Crippen LogP contribution in [0.3, 0.4) is 0 Å². The third-order valence-electron chi connectivity index (χ3n) is 6.52. The molecule has 1 aliphatic heterocycles. The maximum Gasteiger partial charge on any atom is 0.249 e. The van der Waals surface area contributed by atoms with Crippen LogP contribution in [-0.4, -0.2) is 44.3 Å². The minimum atomic E-state index is -0.368. The molecule has 1 aliphatic rings. The number of benzene rings is 3. The number of rotatable bonds is 10. The first kappa shape index (κ1) is 27.3. The first-order chi connectivity index (χ1) is 17.9. The topological polar surface area (TPSA) is 57.2 Å². The van der Waals surface area contributed by atoms with Gasteiger partial charge in [-0.1, -0.05) is 53.5 Å². The molecule has 0 N–H and O–H groups in total. The molecule has 1 saturated heterocycles. The van der Waals surface area contributed by atoms with Crippen LogP contribution in [0.25, 0.3) is 0 Å². The Bertz CT molecular complexity index is 1200. The van der Waals surface area contributed by atoms with E-state index in [-0.39, 0.29) is 30.7 Å². The summed E-state index contributed by atoms with van der Waals surface area (Å²) < 4.78 is 22.7. The number of halogens is 2. The molecule has 0 bridgehead atoms. The Morgan fingerprint density at radius 3 is 2.41 bits per heavy atom. The molecule has 1 amide bonds. The van der Waals surface area contributed by atoms with Gasteiger partial charge in [0, 0.05) is 22.7 Å². The monoisotopic (exact) mass is 543 g/mol. The summed E-state index contributed by atoms with van der Waals surface area (Å²) in [6.45, 7) is 2.95. The van der Waals surface area contributed by atoms with E-state index in [4.69, 9.17) is 42.1 Å². The Balaban J connectivity index is 1.49. The van der Waals surface area contributed by atoms with E-state index in [0.717, 1.165) is 16.7 Å². The van der Waals surface area contributed by atoms with E-state index in [1.165, 1.54) is 0 Å². The van der Waals surface area contributed by atoms with E-state index in [1.54, 1.807) is 14.2 Å². The number of carbonyl (C=O) groups excluding carboxylic acids is 1. The van der Waals surface area contributed by atoms with Gasteiger partial charge in [0.1, 0.15) is 12.7 Å². The van der Waals surface area contributed by atoms with E-state index in [9.17, 15) is 4.79 Å². The van der Waals surface area contributed by atoms with Gasteiger partial charge in [-0.2, -0.15) is 0 Å². The third-order valence-corrected chi connectivity index (χ3v) is 7.01. The Kier molecular flexibility index (Phi) is 9.33. The minimum absolute atomic E-state index is 0.00188. The van der Waals surface area contributed by atoms with Crippen LogP contribution in [0, 0.1) is 0 Å². The highest BCUT2D eigenvalue weighted by molar-refractivity contribution is 6.30. The van der Waals surface area contributed by atoms with Crippen LogP contribution in [0.5, 0.6) is 11.5 Å². The summed E-state index contributed by atoms with van der Waals surface area (Å²) in [4.78, 5) is 15.1. The molecule has 0 spiro atoms. The molecule has 3 aromatic rings. The fourth-order valence-corrected chi connectivity index (χ4v) is 4.98. The van der Waals surface area contributed by atoms with Crippen molar-refractivity contribution in [1.82, 2.24) is 4.90 Å². The molecule has 0 aliphatic carbocycles. The van der Waals surface area contributed by atoms with Gasteiger partial charge in [-0.15, -0.1) is 0 Å². The summed E-state index contributed by atoms with van der Waals surface area (Å²) >= 11 is 12.5. The van der Waals surface area contributed by atoms with Gasteiger partial charge >= 0.3 is 0 Å².